The molecule has 1 aliphatic rings. The third-order valence-corrected chi connectivity index (χ3v) is 7.85. The molecule has 5 rings (SSSR count). The molecule has 0 aliphatic carbocycles. The average Bonchev–Trinajstić information content (AvgIpc) is 3.60. The molecule has 17 heteroatoms. The predicted molar refractivity (Wildman–Crippen MR) is 162 cm³/mol. The number of carbonyl (C=O) groups is 2. The molecule has 1 fully saturated rings. The molecule has 0 unspecified atom stereocenters. The first-order valence-electron chi connectivity index (χ1n) is 13.2. The lowest BCUT2D eigenvalue weighted by Crippen LogP contribution is -2.31. The number of nitrogens with one attached hydrogen (secondary N) is 1. The van der Waals surface area contributed by atoms with Crippen LogP contribution in [0.5, 0.6) is 0 Å². The van der Waals surface area contributed by atoms with Gasteiger partial charge in [-0.05, 0) is 78.8 Å². The van der Waals surface area contributed by atoms with E-state index in [9.17, 15) is 35.9 Å². The van der Waals surface area contributed by atoms with Crippen LogP contribution in [0.3, 0.4) is 0 Å². The number of alkyl halides is 6. The Morgan fingerprint density at radius 3 is 2.43 bits per heavy atom. The number of hydrogen-bond donors (Lipinski definition) is 1. The summed E-state index contributed by atoms with van der Waals surface area (Å²) in [6.07, 6.45) is -3.09. The standard InChI is InChI=1S/C29H22F6N6O3S2/c1-17-2-3-19(13-44-15-28(30,31)32)23(12-17)41-24(42)14-45-27(41)38-26(43)37-20-6-4-18(5-7-20)25-36-16-40(39-25)21-8-10-22(11-9-21)46-29(33,34)35/h2-12,16H,13-15H2,1H3,(H,37,43)/b38-27-. The fourth-order valence-electron chi connectivity index (χ4n) is 4.22. The number of ether oxygens (including phenoxy) is 1. The SMILES string of the molecule is Cc1ccc(COCC(F)(F)F)c(N2C(=O)CS/C2=N\C(=O)Nc2ccc(-c3ncn(-c4ccc(SC(F)(F)F)cc4)n3)cc2)c1. The summed E-state index contributed by atoms with van der Waals surface area (Å²) >= 11 is 0.799. The van der Waals surface area contributed by atoms with Gasteiger partial charge in [-0.1, -0.05) is 23.9 Å². The number of amides is 3. The zero-order valence-corrected chi connectivity index (χ0v) is 25.2. The van der Waals surface area contributed by atoms with Gasteiger partial charge >= 0.3 is 17.7 Å². The van der Waals surface area contributed by atoms with Gasteiger partial charge in [-0.15, -0.1) is 5.10 Å². The Labute approximate surface area is 266 Å². The van der Waals surface area contributed by atoms with Gasteiger partial charge in [0.25, 0.3) is 0 Å². The maximum absolute atomic E-state index is 12.8. The number of urea groups is 1. The second-order valence-corrected chi connectivity index (χ2v) is 11.8. The van der Waals surface area contributed by atoms with Crippen molar-refractivity contribution >= 4 is 52.0 Å². The van der Waals surface area contributed by atoms with Crippen molar-refractivity contribution in [2.45, 2.75) is 30.1 Å². The van der Waals surface area contributed by atoms with Gasteiger partial charge < -0.3 is 10.1 Å². The molecule has 0 saturated carbocycles. The lowest BCUT2D eigenvalue weighted by atomic mass is 10.1. The summed E-state index contributed by atoms with van der Waals surface area (Å²) < 4.78 is 81.8. The van der Waals surface area contributed by atoms with Crippen LogP contribution in [-0.4, -0.2) is 55.9 Å². The van der Waals surface area contributed by atoms with Crippen molar-refractivity contribution in [1.29, 1.82) is 0 Å². The van der Waals surface area contributed by atoms with Gasteiger partial charge in [0.1, 0.15) is 12.9 Å². The van der Waals surface area contributed by atoms with E-state index < -0.39 is 36.8 Å². The quantitative estimate of drug-likeness (QED) is 0.151. The van der Waals surface area contributed by atoms with Crippen molar-refractivity contribution < 1.29 is 40.7 Å². The molecule has 3 amide bonds. The minimum Gasteiger partial charge on any atom is -0.367 e. The van der Waals surface area contributed by atoms with E-state index >= 15 is 0 Å². The Balaban J connectivity index is 1.26. The molecule has 2 heterocycles. The van der Waals surface area contributed by atoms with Crippen molar-refractivity contribution in [2.75, 3.05) is 22.6 Å². The molecule has 1 aliphatic heterocycles. The Bertz CT molecular complexity index is 1760. The Kier molecular flexibility index (Phi) is 9.74. The van der Waals surface area contributed by atoms with E-state index in [4.69, 9.17) is 4.74 Å². The number of aromatic nitrogens is 3. The number of benzene rings is 3. The first-order valence-corrected chi connectivity index (χ1v) is 15.0. The summed E-state index contributed by atoms with van der Waals surface area (Å²) in [4.78, 5) is 35.1. The molecule has 3 aromatic carbocycles. The molecule has 0 atom stereocenters. The molecule has 4 aromatic rings. The molecule has 240 valence electrons. The lowest BCUT2D eigenvalue weighted by Gasteiger charge is -2.20. The van der Waals surface area contributed by atoms with Crippen LogP contribution in [0.1, 0.15) is 11.1 Å². The molecule has 1 saturated heterocycles. The highest BCUT2D eigenvalue weighted by molar-refractivity contribution is 8.15. The highest BCUT2D eigenvalue weighted by Crippen LogP contribution is 2.37. The third-order valence-electron chi connectivity index (χ3n) is 6.19. The van der Waals surface area contributed by atoms with Crippen LogP contribution in [0.2, 0.25) is 0 Å². The van der Waals surface area contributed by atoms with Gasteiger partial charge in [-0.25, -0.2) is 14.5 Å². The van der Waals surface area contributed by atoms with Crippen LogP contribution >= 0.6 is 23.5 Å². The molecule has 1 aromatic heterocycles. The second-order valence-electron chi connectivity index (χ2n) is 9.71. The van der Waals surface area contributed by atoms with Crippen LogP contribution in [-0.2, 0) is 16.1 Å². The molecular formula is C29H22F6N6O3S2. The van der Waals surface area contributed by atoms with Crippen LogP contribution in [0.15, 0.2) is 82.9 Å². The van der Waals surface area contributed by atoms with Crippen LogP contribution in [0.4, 0.5) is 42.5 Å². The summed E-state index contributed by atoms with van der Waals surface area (Å²) in [7, 11) is 0. The highest BCUT2D eigenvalue weighted by Gasteiger charge is 2.33. The van der Waals surface area contributed by atoms with Crippen LogP contribution < -0.4 is 10.2 Å². The van der Waals surface area contributed by atoms with Crippen LogP contribution in [0.25, 0.3) is 17.1 Å². The maximum Gasteiger partial charge on any atom is 0.446 e. The van der Waals surface area contributed by atoms with Gasteiger partial charge in [-0.3, -0.25) is 9.69 Å². The second kappa shape index (κ2) is 13.6. The summed E-state index contributed by atoms with van der Waals surface area (Å²) in [6.45, 7) is -0.108. The van der Waals surface area contributed by atoms with Crippen molar-refractivity contribution in [3.8, 4) is 17.1 Å². The number of anilines is 2. The number of aliphatic imine (C=N–C) groups is 1. The number of amidine groups is 1. The fraction of sp³-hybridized carbons (Fsp3) is 0.207. The lowest BCUT2D eigenvalue weighted by molar-refractivity contribution is -0.176. The number of thioether (sulfide) groups is 2. The van der Waals surface area contributed by atoms with E-state index in [1.165, 1.54) is 40.2 Å². The van der Waals surface area contributed by atoms with E-state index in [0.29, 0.717) is 28.3 Å². The number of rotatable bonds is 8. The fourth-order valence-corrected chi connectivity index (χ4v) is 5.62. The zero-order chi connectivity index (χ0) is 33.1. The van der Waals surface area contributed by atoms with E-state index in [1.54, 1.807) is 49.4 Å². The third kappa shape index (κ3) is 8.67. The van der Waals surface area contributed by atoms with E-state index in [0.717, 1.165) is 17.3 Å². The number of carbonyl (C=O) groups excluding carboxylic acids is 2. The normalized spacial score (nSPS) is 14.7. The summed E-state index contributed by atoms with van der Waals surface area (Å²) in [5.74, 6) is -0.0864. The van der Waals surface area contributed by atoms with E-state index in [1.807, 2.05) is 0 Å². The maximum atomic E-state index is 12.8. The van der Waals surface area contributed by atoms with Gasteiger partial charge in [0.15, 0.2) is 11.0 Å². The highest BCUT2D eigenvalue weighted by atomic mass is 32.2. The van der Waals surface area contributed by atoms with Gasteiger partial charge in [0.2, 0.25) is 5.91 Å². The molecule has 0 spiro atoms. The molecule has 46 heavy (non-hydrogen) atoms. The Morgan fingerprint density at radius 2 is 1.76 bits per heavy atom. The van der Waals surface area contributed by atoms with Crippen molar-refractivity contribution in [3.63, 3.8) is 0 Å². The number of halogens is 6. The average molecular weight is 681 g/mol. The molecule has 1 N–H and O–H groups in total. The topological polar surface area (TPSA) is 102 Å². The molecule has 0 bridgehead atoms. The smallest absolute Gasteiger partial charge is 0.367 e. The van der Waals surface area contributed by atoms with E-state index in [-0.39, 0.29) is 33.3 Å². The molecular weight excluding hydrogens is 658 g/mol. The first kappa shape index (κ1) is 33.0. The molecule has 0 radical (unpaired) electrons. The zero-order valence-electron chi connectivity index (χ0n) is 23.6. The van der Waals surface area contributed by atoms with Crippen molar-refractivity contribution in [2.24, 2.45) is 4.99 Å². The minimum absolute atomic E-state index is 0.0199. The Morgan fingerprint density at radius 1 is 1.04 bits per heavy atom. The first-order chi connectivity index (χ1) is 21.7. The van der Waals surface area contributed by atoms with Crippen molar-refractivity contribution in [3.05, 3.63) is 84.2 Å². The monoisotopic (exact) mass is 680 g/mol. The number of aryl methyl sites for hydroxylation is 1. The van der Waals surface area contributed by atoms with E-state index in [2.05, 4.69) is 20.4 Å². The minimum atomic E-state index is -4.51. The predicted octanol–water partition coefficient (Wildman–Crippen LogP) is 7.60. The van der Waals surface area contributed by atoms with Gasteiger partial charge in [-0.2, -0.15) is 31.3 Å². The molecule has 9 nitrogen and oxygen atoms in total. The number of nitrogens with zero attached hydrogens (tertiary/aromatic N) is 5. The van der Waals surface area contributed by atoms with Gasteiger partial charge in [0, 0.05) is 21.7 Å². The summed E-state index contributed by atoms with van der Waals surface area (Å²) in [5, 5.41) is 7.03. The Hall–Kier alpha value is -4.35. The summed E-state index contributed by atoms with van der Waals surface area (Å²) in [5.41, 5.74) is -1.58. The largest absolute Gasteiger partial charge is 0.446 e. The summed E-state index contributed by atoms with van der Waals surface area (Å²) in [6, 6.07) is 16.2. The number of hydrogen-bond acceptors (Lipinski definition) is 7. The van der Waals surface area contributed by atoms with Gasteiger partial charge in [0.05, 0.1) is 23.7 Å². The van der Waals surface area contributed by atoms with Crippen LogP contribution in [0, 0.1) is 6.92 Å². The van der Waals surface area contributed by atoms with Crippen molar-refractivity contribution in [1.82, 2.24) is 14.8 Å².